The van der Waals surface area contributed by atoms with E-state index in [9.17, 15) is 8.78 Å². The first kappa shape index (κ1) is 14.3. The first-order valence-corrected chi connectivity index (χ1v) is 6.07. The number of benzene rings is 2. The molecule has 0 aromatic heterocycles. The zero-order valence-electron chi connectivity index (χ0n) is 11.0. The lowest BCUT2D eigenvalue weighted by atomic mass is 10.2. The maximum atomic E-state index is 13.9. The number of methoxy groups -OCH3 is 1. The molecule has 0 saturated carbocycles. The molecule has 0 saturated heterocycles. The topological polar surface area (TPSA) is 44.5 Å². The quantitative estimate of drug-likeness (QED) is 0.915. The summed E-state index contributed by atoms with van der Waals surface area (Å²) in [6, 6.07) is 8.96. The maximum Gasteiger partial charge on any atom is 0.171 e. The number of nitrogens with two attached hydrogens (primary N) is 1. The van der Waals surface area contributed by atoms with E-state index >= 15 is 0 Å². The van der Waals surface area contributed by atoms with Crippen LogP contribution in [0.25, 0.3) is 0 Å². The fourth-order valence-electron chi connectivity index (χ4n) is 1.81. The third-order valence-electron chi connectivity index (χ3n) is 2.82. The number of halogens is 2. The second kappa shape index (κ2) is 6.34. The van der Waals surface area contributed by atoms with Gasteiger partial charge in [0.2, 0.25) is 0 Å². The molecule has 0 atom stereocenters. The van der Waals surface area contributed by atoms with Crippen LogP contribution in [0.3, 0.4) is 0 Å². The zero-order chi connectivity index (χ0) is 14.5. The molecule has 20 heavy (non-hydrogen) atoms. The Morgan fingerprint density at radius 1 is 1.15 bits per heavy atom. The monoisotopic (exact) mass is 279 g/mol. The van der Waals surface area contributed by atoms with Crippen molar-refractivity contribution >= 4 is 0 Å². The van der Waals surface area contributed by atoms with Crippen LogP contribution in [0.15, 0.2) is 36.4 Å². The van der Waals surface area contributed by atoms with Crippen LogP contribution in [0.5, 0.6) is 11.5 Å². The summed E-state index contributed by atoms with van der Waals surface area (Å²) in [6.07, 6.45) is 0. The van der Waals surface area contributed by atoms with E-state index in [0.717, 1.165) is 0 Å². The Hall–Kier alpha value is -2.14. The average Bonchev–Trinajstić information content (AvgIpc) is 2.45. The Balaban J connectivity index is 2.14. The summed E-state index contributed by atoms with van der Waals surface area (Å²) in [7, 11) is 1.39. The molecule has 0 fully saturated rings. The van der Waals surface area contributed by atoms with E-state index in [0.29, 0.717) is 16.9 Å². The van der Waals surface area contributed by atoms with Crippen molar-refractivity contribution in [1.29, 1.82) is 0 Å². The van der Waals surface area contributed by atoms with Gasteiger partial charge in [-0.1, -0.05) is 12.1 Å². The van der Waals surface area contributed by atoms with Gasteiger partial charge in [-0.15, -0.1) is 0 Å². The van der Waals surface area contributed by atoms with Gasteiger partial charge in [0.25, 0.3) is 0 Å². The Bertz CT molecular complexity index is 602. The summed E-state index contributed by atoms with van der Waals surface area (Å²) < 4.78 is 37.5. The van der Waals surface area contributed by atoms with Crippen molar-refractivity contribution in [1.82, 2.24) is 0 Å². The number of rotatable bonds is 5. The molecule has 2 N–H and O–H groups in total. The molecule has 0 aliphatic carbocycles. The highest BCUT2D eigenvalue weighted by atomic mass is 19.1. The molecule has 0 amide bonds. The van der Waals surface area contributed by atoms with Crippen LogP contribution in [0.2, 0.25) is 0 Å². The molecule has 2 aromatic carbocycles. The summed E-state index contributed by atoms with van der Waals surface area (Å²) in [4.78, 5) is 0. The van der Waals surface area contributed by atoms with Gasteiger partial charge in [0, 0.05) is 18.2 Å². The largest absolute Gasteiger partial charge is 0.494 e. The molecular formula is C15H15F2NO2. The molecular weight excluding hydrogens is 264 g/mol. The smallest absolute Gasteiger partial charge is 0.171 e. The minimum atomic E-state index is -0.481. The van der Waals surface area contributed by atoms with E-state index in [1.807, 2.05) is 0 Å². The highest BCUT2D eigenvalue weighted by Crippen LogP contribution is 2.22. The van der Waals surface area contributed by atoms with Crippen LogP contribution >= 0.6 is 0 Å². The molecule has 0 aliphatic rings. The maximum absolute atomic E-state index is 13.9. The number of hydrogen-bond donors (Lipinski definition) is 1. The van der Waals surface area contributed by atoms with Crippen molar-refractivity contribution in [2.75, 3.05) is 7.11 Å². The highest BCUT2D eigenvalue weighted by molar-refractivity contribution is 5.32. The van der Waals surface area contributed by atoms with E-state index in [1.54, 1.807) is 18.2 Å². The molecule has 0 spiro atoms. The first-order chi connectivity index (χ1) is 9.63. The Morgan fingerprint density at radius 3 is 2.65 bits per heavy atom. The molecule has 0 aliphatic heterocycles. The second-order valence-corrected chi connectivity index (χ2v) is 4.22. The summed E-state index contributed by atoms with van der Waals surface area (Å²) in [6.45, 7) is 0.193. The van der Waals surface area contributed by atoms with Crippen molar-refractivity contribution in [3.8, 4) is 11.5 Å². The normalized spacial score (nSPS) is 10.4. The highest BCUT2D eigenvalue weighted by Gasteiger charge is 2.09. The third kappa shape index (κ3) is 3.24. The van der Waals surface area contributed by atoms with Gasteiger partial charge in [0.1, 0.15) is 18.2 Å². The average molecular weight is 279 g/mol. The van der Waals surface area contributed by atoms with Crippen LogP contribution in [-0.2, 0) is 13.2 Å². The fourth-order valence-corrected chi connectivity index (χ4v) is 1.81. The second-order valence-electron chi connectivity index (χ2n) is 4.22. The summed E-state index contributed by atoms with van der Waals surface area (Å²) in [5, 5.41) is 0. The zero-order valence-corrected chi connectivity index (χ0v) is 11.0. The summed E-state index contributed by atoms with van der Waals surface area (Å²) in [5.41, 5.74) is 6.41. The number of ether oxygens (including phenoxy) is 2. The van der Waals surface area contributed by atoms with E-state index in [1.165, 1.54) is 25.3 Å². The van der Waals surface area contributed by atoms with Gasteiger partial charge < -0.3 is 15.2 Å². The molecule has 5 heteroatoms. The molecule has 3 nitrogen and oxygen atoms in total. The van der Waals surface area contributed by atoms with Crippen molar-refractivity contribution in [2.24, 2.45) is 5.73 Å². The van der Waals surface area contributed by atoms with Crippen LogP contribution in [0.4, 0.5) is 8.78 Å². The Morgan fingerprint density at radius 2 is 1.95 bits per heavy atom. The molecule has 2 aromatic rings. The van der Waals surface area contributed by atoms with Gasteiger partial charge in [-0.2, -0.15) is 0 Å². The summed E-state index contributed by atoms with van der Waals surface area (Å²) in [5.74, 6) is -0.458. The van der Waals surface area contributed by atoms with E-state index in [-0.39, 0.29) is 18.9 Å². The molecule has 106 valence electrons. The lowest BCUT2D eigenvalue weighted by Gasteiger charge is -2.10. The molecule has 0 radical (unpaired) electrons. The van der Waals surface area contributed by atoms with Crippen LogP contribution < -0.4 is 15.2 Å². The Labute approximate surface area is 115 Å². The number of hydrogen-bond acceptors (Lipinski definition) is 3. The van der Waals surface area contributed by atoms with Crippen molar-refractivity contribution < 1.29 is 18.3 Å². The van der Waals surface area contributed by atoms with Crippen LogP contribution in [0.1, 0.15) is 11.1 Å². The van der Waals surface area contributed by atoms with Crippen molar-refractivity contribution in [3.63, 3.8) is 0 Å². The minimum absolute atomic E-state index is 0.0174. The first-order valence-electron chi connectivity index (χ1n) is 6.07. The van der Waals surface area contributed by atoms with Gasteiger partial charge >= 0.3 is 0 Å². The van der Waals surface area contributed by atoms with Crippen molar-refractivity contribution in [3.05, 3.63) is 59.2 Å². The van der Waals surface area contributed by atoms with E-state index in [2.05, 4.69) is 0 Å². The van der Waals surface area contributed by atoms with Gasteiger partial charge in [0.05, 0.1) is 7.11 Å². The van der Waals surface area contributed by atoms with Gasteiger partial charge in [-0.25, -0.2) is 8.78 Å². The molecule has 0 unspecified atom stereocenters. The van der Waals surface area contributed by atoms with Gasteiger partial charge in [0.15, 0.2) is 11.6 Å². The van der Waals surface area contributed by atoms with Crippen molar-refractivity contribution in [2.45, 2.75) is 13.2 Å². The Kier molecular flexibility index (Phi) is 4.53. The fraction of sp³-hybridized carbons (Fsp3) is 0.200. The molecule has 0 heterocycles. The molecule has 2 rings (SSSR count). The predicted molar refractivity (Wildman–Crippen MR) is 71.6 cm³/mol. The standard InChI is InChI=1S/C15H15F2NO2/c1-19-14-4-2-3-11(15(14)17)9-20-13-6-10(8-18)5-12(16)7-13/h2-7H,8-9,18H2,1H3. The van der Waals surface area contributed by atoms with Crippen LogP contribution in [0, 0.1) is 11.6 Å². The van der Waals surface area contributed by atoms with Crippen LogP contribution in [-0.4, -0.2) is 7.11 Å². The van der Waals surface area contributed by atoms with Gasteiger partial charge in [-0.05, 0) is 23.8 Å². The lowest BCUT2D eigenvalue weighted by Crippen LogP contribution is -2.02. The van der Waals surface area contributed by atoms with E-state index < -0.39 is 11.6 Å². The van der Waals surface area contributed by atoms with E-state index in [4.69, 9.17) is 15.2 Å². The molecule has 0 bridgehead atoms. The third-order valence-corrected chi connectivity index (χ3v) is 2.82. The summed E-state index contributed by atoms with van der Waals surface area (Å²) >= 11 is 0. The SMILES string of the molecule is COc1cccc(COc2cc(F)cc(CN)c2)c1F. The minimum Gasteiger partial charge on any atom is -0.494 e. The lowest BCUT2D eigenvalue weighted by molar-refractivity contribution is 0.294. The van der Waals surface area contributed by atoms with Gasteiger partial charge in [-0.3, -0.25) is 0 Å². The predicted octanol–water partition coefficient (Wildman–Crippen LogP) is 3.01.